The van der Waals surface area contributed by atoms with Crippen LogP contribution in [0.2, 0.25) is 0 Å². The molecule has 1 unspecified atom stereocenters. The van der Waals surface area contributed by atoms with Crippen LogP contribution in [0.5, 0.6) is 11.5 Å². The van der Waals surface area contributed by atoms with Crippen LogP contribution in [0.15, 0.2) is 48.5 Å². The van der Waals surface area contributed by atoms with Crippen molar-refractivity contribution in [3.8, 4) is 11.5 Å². The number of aromatic hydroxyl groups is 2. The molecule has 3 aromatic rings. The number of nitrogens with zero attached hydrogens (tertiary/aromatic N) is 1. The fraction of sp³-hybridized carbons (Fsp3) is 0.561. The predicted octanol–water partition coefficient (Wildman–Crippen LogP) is 10.4. The van der Waals surface area contributed by atoms with Crippen LogP contribution in [0.3, 0.4) is 0 Å². The van der Waals surface area contributed by atoms with Gasteiger partial charge < -0.3 is 10.2 Å². The quantitative estimate of drug-likeness (QED) is 0.297. The Bertz CT molecular complexity index is 1320. The molecule has 3 heteroatoms. The molecule has 0 radical (unpaired) electrons. The summed E-state index contributed by atoms with van der Waals surface area (Å²) in [6.07, 6.45) is 3.58. The Kier molecular flexibility index (Phi) is 9.45. The zero-order chi connectivity index (χ0) is 32.8. The fourth-order valence-corrected chi connectivity index (χ4v) is 6.92. The summed E-state index contributed by atoms with van der Waals surface area (Å²) in [7, 11) is 0. The Balaban J connectivity index is 1.83. The normalized spacial score (nSPS) is 16.3. The highest BCUT2D eigenvalue weighted by Crippen LogP contribution is 2.42. The monoisotopic (exact) mass is 597 g/mol. The summed E-state index contributed by atoms with van der Waals surface area (Å²) in [5, 5.41) is 22.9. The Morgan fingerprint density at radius 2 is 1.00 bits per heavy atom. The second kappa shape index (κ2) is 12.2. The van der Waals surface area contributed by atoms with Gasteiger partial charge in [-0.1, -0.05) is 132 Å². The van der Waals surface area contributed by atoms with Crippen molar-refractivity contribution in [2.75, 3.05) is 6.54 Å². The van der Waals surface area contributed by atoms with Crippen LogP contribution in [-0.4, -0.2) is 21.7 Å². The van der Waals surface area contributed by atoms with E-state index < -0.39 is 0 Å². The molecule has 240 valence electrons. The van der Waals surface area contributed by atoms with Gasteiger partial charge in [0.05, 0.1) is 0 Å². The summed E-state index contributed by atoms with van der Waals surface area (Å²) in [5.74, 6) is 1.34. The highest BCUT2D eigenvalue weighted by atomic mass is 16.3. The maximum absolute atomic E-state index is 11.4. The van der Waals surface area contributed by atoms with Crippen molar-refractivity contribution in [3.63, 3.8) is 0 Å². The lowest BCUT2D eigenvalue weighted by Gasteiger charge is -2.34. The van der Waals surface area contributed by atoms with Crippen LogP contribution in [0, 0.1) is 0 Å². The second-order valence-electron chi connectivity index (χ2n) is 17.5. The molecule has 0 aromatic heterocycles. The molecule has 0 spiro atoms. The largest absolute Gasteiger partial charge is 0.507 e. The molecule has 0 amide bonds. The molecule has 2 N–H and O–H groups in total. The average Bonchev–Trinajstić information content (AvgIpc) is 2.88. The smallest absolute Gasteiger partial charge is 0.123 e. The van der Waals surface area contributed by atoms with E-state index in [9.17, 15) is 10.2 Å². The summed E-state index contributed by atoms with van der Waals surface area (Å²) >= 11 is 0. The molecular weight excluding hydrogens is 538 g/mol. The van der Waals surface area contributed by atoms with E-state index in [0.29, 0.717) is 17.4 Å². The fourth-order valence-electron chi connectivity index (χ4n) is 6.92. The Labute approximate surface area is 268 Å². The van der Waals surface area contributed by atoms with E-state index in [1.807, 2.05) is 0 Å². The van der Waals surface area contributed by atoms with E-state index in [1.54, 1.807) is 0 Å². The van der Waals surface area contributed by atoms with Gasteiger partial charge in [-0.15, -0.1) is 0 Å². The molecule has 1 atom stereocenters. The first-order chi connectivity index (χ1) is 20.2. The van der Waals surface area contributed by atoms with Crippen LogP contribution >= 0.6 is 0 Å². The van der Waals surface area contributed by atoms with Crippen LogP contribution < -0.4 is 0 Å². The molecule has 3 aromatic carbocycles. The molecule has 0 fully saturated rings. The van der Waals surface area contributed by atoms with Crippen LogP contribution in [0.25, 0.3) is 0 Å². The van der Waals surface area contributed by atoms with Gasteiger partial charge in [0.15, 0.2) is 0 Å². The molecular formula is C41H59NO2. The van der Waals surface area contributed by atoms with Crippen molar-refractivity contribution in [2.45, 2.75) is 143 Å². The van der Waals surface area contributed by atoms with Gasteiger partial charge in [-0.05, 0) is 91.3 Å². The van der Waals surface area contributed by atoms with E-state index in [2.05, 4.69) is 137 Å². The van der Waals surface area contributed by atoms with Gasteiger partial charge in [0.2, 0.25) is 0 Å². The minimum absolute atomic E-state index is 0.173. The van der Waals surface area contributed by atoms with Crippen molar-refractivity contribution < 1.29 is 10.2 Å². The Morgan fingerprint density at radius 1 is 0.614 bits per heavy atom. The van der Waals surface area contributed by atoms with Crippen LogP contribution in [-0.2, 0) is 41.2 Å². The van der Waals surface area contributed by atoms with Crippen molar-refractivity contribution in [1.29, 1.82) is 0 Å². The van der Waals surface area contributed by atoms with Crippen molar-refractivity contribution >= 4 is 0 Å². The molecule has 0 bridgehead atoms. The van der Waals surface area contributed by atoms with Crippen molar-refractivity contribution in [1.82, 2.24) is 4.90 Å². The number of hydrogen-bond acceptors (Lipinski definition) is 3. The molecule has 0 saturated carbocycles. The Morgan fingerprint density at radius 3 is 1.39 bits per heavy atom. The summed E-state index contributed by atoms with van der Waals surface area (Å²) in [4.78, 5) is 2.61. The highest BCUT2D eigenvalue weighted by molar-refractivity contribution is 5.51. The zero-order valence-electron chi connectivity index (χ0n) is 29.8. The predicted molar refractivity (Wildman–Crippen MR) is 187 cm³/mol. The lowest BCUT2D eigenvalue weighted by molar-refractivity contribution is 0.230. The van der Waals surface area contributed by atoms with Crippen LogP contribution in [0.1, 0.15) is 146 Å². The maximum Gasteiger partial charge on any atom is 0.123 e. The summed E-state index contributed by atoms with van der Waals surface area (Å²) in [5.41, 5.74) is 8.83. The van der Waals surface area contributed by atoms with E-state index in [0.717, 1.165) is 48.3 Å². The third kappa shape index (κ3) is 7.71. The van der Waals surface area contributed by atoms with Gasteiger partial charge in [-0.3, -0.25) is 4.90 Å². The van der Waals surface area contributed by atoms with E-state index in [-0.39, 0.29) is 21.7 Å². The number of benzene rings is 3. The lowest BCUT2D eigenvalue weighted by atomic mass is 9.78. The Hall–Kier alpha value is -2.78. The topological polar surface area (TPSA) is 43.7 Å². The summed E-state index contributed by atoms with van der Waals surface area (Å²) < 4.78 is 0. The minimum atomic E-state index is -0.173. The maximum atomic E-state index is 11.4. The molecule has 0 aliphatic heterocycles. The van der Waals surface area contributed by atoms with Gasteiger partial charge in [0.1, 0.15) is 11.5 Å². The van der Waals surface area contributed by atoms with Gasteiger partial charge in [-0.25, -0.2) is 0 Å². The van der Waals surface area contributed by atoms with Gasteiger partial charge in [-0.2, -0.15) is 0 Å². The van der Waals surface area contributed by atoms with E-state index in [1.165, 1.54) is 35.1 Å². The first-order valence-electron chi connectivity index (χ1n) is 16.7. The second-order valence-corrected chi connectivity index (χ2v) is 17.5. The molecule has 1 aliphatic rings. The lowest BCUT2D eigenvalue weighted by Crippen LogP contribution is -2.30. The van der Waals surface area contributed by atoms with Crippen molar-refractivity contribution in [3.05, 3.63) is 93.0 Å². The average molecular weight is 598 g/mol. The van der Waals surface area contributed by atoms with Gasteiger partial charge in [0.25, 0.3) is 0 Å². The molecule has 3 nitrogen and oxygen atoms in total. The minimum Gasteiger partial charge on any atom is -0.507 e. The standard InChI is InChI=1S/C41H59NO2/c1-38(2,3)32-20-27(21-33(36(32)43)39(4,5)6)24-42(26-30-18-15-17-29-16-13-14-19-31(29)30)25-28-22-34(40(7,8)9)37(44)35(23-28)41(10,11)12/h13-14,16,19-23,30,43-44H,15,17-18,24-26H2,1-12H3. The first-order valence-corrected chi connectivity index (χ1v) is 16.7. The molecule has 1 aliphatic carbocycles. The molecule has 44 heavy (non-hydrogen) atoms. The zero-order valence-corrected chi connectivity index (χ0v) is 29.8. The summed E-state index contributed by atoms with van der Waals surface area (Å²) in [6.45, 7) is 28.8. The number of hydrogen-bond donors (Lipinski definition) is 2. The van der Waals surface area contributed by atoms with Gasteiger partial charge in [0, 0.05) is 19.6 Å². The van der Waals surface area contributed by atoms with Gasteiger partial charge >= 0.3 is 0 Å². The highest BCUT2D eigenvalue weighted by Gasteiger charge is 2.30. The molecule has 0 saturated heterocycles. The number of aryl methyl sites for hydroxylation is 1. The van der Waals surface area contributed by atoms with Crippen LogP contribution in [0.4, 0.5) is 0 Å². The number of phenolic OH excluding ortho intramolecular Hbond substituents is 2. The number of phenols is 2. The molecule has 0 heterocycles. The van der Waals surface area contributed by atoms with E-state index >= 15 is 0 Å². The summed E-state index contributed by atoms with van der Waals surface area (Å²) in [6, 6.07) is 18.0. The molecule has 4 rings (SSSR count). The number of rotatable bonds is 6. The third-order valence-electron chi connectivity index (χ3n) is 9.36. The number of fused-ring (bicyclic) bond motifs is 1. The SMILES string of the molecule is CC(C)(C)c1cc(CN(Cc2cc(C(C)(C)C)c(O)c(C(C)(C)C)c2)CC2CCCc3ccccc32)cc(C(C)(C)C)c1O. The van der Waals surface area contributed by atoms with Crippen molar-refractivity contribution in [2.24, 2.45) is 0 Å². The first kappa shape index (κ1) is 34.1. The van der Waals surface area contributed by atoms with E-state index in [4.69, 9.17) is 0 Å². The third-order valence-corrected chi connectivity index (χ3v) is 9.36.